The monoisotopic (exact) mass is 209 g/mol. The minimum Gasteiger partial charge on any atom is -0.342 e. The van der Waals surface area contributed by atoms with Crippen LogP contribution < -0.4 is 10.6 Å². The molecule has 0 aliphatic heterocycles. The summed E-state index contributed by atoms with van der Waals surface area (Å²) in [5.74, 6) is 0. The van der Waals surface area contributed by atoms with E-state index in [1.807, 2.05) is 6.92 Å². The molecule has 74 valence electrons. The third-order valence-electron chi connectivity index (χ3n) is 2.12. The second kappa shape index (κ2) is 4.29. The van der Waals surface area contributed by atoms with E-state index in [-0.39, 0.29) is 0 Å². The highest BCUT2D eigenvalue weighted by Crippen LogP contribution is 2.00. The fraction of sp³-hybridized carbons (Fsp3) is 0.182. The molecule has 0 aromatic carbocycles. The van der Waals surface area contributed by atoms with Gasteiger partial charge in [0.2, 0.25) is 0 Å². The van der Waals surface area contributed by atoms with Crippen LogP contribution in [0, 0.1) is 0 Å². The summed E-state index contributed by atoms with van der Waals surface area (Å²) in [6, 6.07) is 1.77. The van der Waals surface area contributed by atoms with Gasteiger partial charge in [-0.1, -0.05) is 24.3 Å². The number of hydrogen-bond acceptors (Lipinski definition) is 1. The van der Waals surface area contributed by atoms with E-state index in [2.05, 4.69) is 6.58 Å². The number of rotatable bonds is 2. The first-order valence-corrected chi connectivity index (χ1v) is 4.61. The highest BCUT2D eigenvalue weighted by Gasteiger charge is 1.98. The number of allylic oxidation sites excluding steroid dienone is 2. The lowest BCUT2D eigenvalue weighted by atomic mass is 10.3. The lowest BCUT2D eigenvalue weighted by molar-refractivity contribution is 0.111. The zero-order chi connectivity index (χ0) is 10.7. The average molecular weight is 210 g/mol. The quantitative estimate of drug-likeness (QED) is 0.671. The normalized spacial score (nSPS) is 13.4. The molecule has 0 saturated heterocycles. The van der Waals surface area contributed by atoms with E-state index in [9.17, 15) is 4.79 Å². The maximum Gasteiger partial charge on any atom is 0.166 e. The molecule has 0 aliphatic carbocycles. The summed E-state index contributed by atoms with van der Waals surface area (Å²) >= 11 is 5.86. The molecule has 1 heterocycles. The SMILES string of the molecule is C=c1/c(=C\C(Cl)=C/C)cc(C=O)n1C. The highest BCUT2D eigenvalue weighted by molar-refractivity contribution is 6.33. The summed E-state index contributed by atoms with van der Waals surface area (Å²) in [5, 5.41) is 2.29. The Labute approximate surface area is 87.8 Å². The minimum atomic E-state index is 0.599. The first-order chi connectivity index (χ1) is 6.60. The zero-order valence-corrected chi connectivity index (χ0v) is 9.01. The van der Waals surface area contributed by atoms with Gasteiger partial charge in [0.1, 0.15) is 0 Å². The molecule has 0 bridgehead atoms. The molecule has 0 N–H and O–H groups in total. The van der Waals surface area contributed by atoms with Gasteiger partial charge >= 0.3 is 0 Å². The van der Waals surface area contributed by atoms with Crippen molar-refractivity contribution in [1.29, 1.82) is 0 Å². The summed E-state index contributed by atoms with van der Waals surface area (Å²) in [4.78, 5) is 10.6. The Morgan fingerprint density at radius 2 is 2.29 bits per heavy atom. The van der Waals surface area contributed by atoms with Crippen LogP contribution in [0.4, 0.5) is 0 Å². The van der Waals surface area contributed by atoms with Crippen LogP contribution >= 0.6 is 11.6 Å². The maximum absolute atomic E-state index is 10.6. The second-order valence-corrected chi connectivity index (χ2v) is 3.40. The molecular formula is C11H12ClNO. The van der Waals surface area contributed by atoms with Gasteiger partial charge in [0.25, 0.3) is 0 Å². The maximum atomic E-state index is 10.6. The molecule has 14 heavy (non-hydrogen) atoms. The number of carbonyl (C=O) groups excluding carboxylic acids is 1. The standard InChI is InChI=1S/C11H12ClNO/c1-4-10(12)5-9-6-11(7-14)13(3)8(9)2/h4-7H,2H2,1,3H3/b9-5-,10-4+. The largest absolute Gasteiger partial charge is 0.342 e. The van der Waals surface area contributed by atoms with Crippen LogP contribution in [0.3, 0.4) is 0 Å². The molecule has 0 amide bonds. The smallest absolute Gasteiger partial charge is 0.166 e. The van der Waals surface area contributed by atoms with E-state index in [1.54, 1.807) is 29.8 Å². The fourth-order valence-electron chi connectivity index (χ4n) is 1.16. The first-order valence-electron chi connectivity index (χ1n) is 4.23. The van der Waals surface area contributed by atoms with Crippen LogP contribution in [-0.2, 0) is 7.05 Å². The van der Waals surface area contributed by atoms with Crippen LogP contribution in [0.25, 0.3) is 12.7 Å². The number of carbonyl (C=O) groups is 1. The molecule has 3 heteroatoms. The lowest BCUT2D eigenvalue weighted by Gasteiger charge is -1.91. The molecular weight excluding hydrogens is 198 g/mol. The van der Waals surface area contributed by atoms with Crippen molar-refractivity contribution in [2.24, 2.45) is 7.05 Å². The summed E-state index contributed by atoms with van der Waals surface area (Å²) in [6.45, 7) is 5.72. The molecule has 1 rings (SSSR count). The summed E-state index contributed by atoms with van der Waals surface area (Å²) in [7, 11) is 1.80. The predicted octanol–water partition coefficient (Wildman–Crippen LogP) is 1.17. The van der Waals surface area contributed by atoms with Crippen molar-refractivity contribution in [3.8, 4) is 0 Å². The second-order valence-electron chi connectivity index (χ2n) is 2.97. The van der Waals surface area contributed by atoms with Crippen molar-refractivity contribution >= 4 is 30.5 Å². The van der Waals surface area contributed by atoms with E-state index in [0.29, 0.717) is 10.7 Å². The van der Waals surface area contributed by atoms with Crippen molar-refractivity contribution < 1.29 is 4.79 Å². The first kappa shape index (κ1) is 10.8. The molecule has 0 unspecified atom stereocenters. The van der Waals surface area contributed by atoms with Crippen LogP contribution in [0.5, 0.6) is 0 Å². The third-order valence-corrected chi connectivity index (χ3v) is 2.45. The molecule has 1 aromatic heterocycles. The van der Waals surface area contributed by atoms with Gasteiger partial charge < -0.3 is 4.57 Å². The van der Waals surface area contributed by atoms with Crippen LogP contribution in [0.1, 0.15) is 17.4 Å². The number of nitrogens with zero attached hydrogens (tertiary/aromatic N) is 1. The lowest BCUT2D eigenvalue weighted by Crippen LogP contribution is -2.25. The molecule has 1 aromatic rings. The topological polar surface area (TPSA) is 22.0 Å². The third kappa shape index (κ3) is 1.96. The molecule has 2 nitrogen and oxygen atoms in total. The van der Waals surface area contributed by atoms with Crippen LogP contribution in [0.2, 0.25) is 0 Å². The average Bonchev–Trinajstić information content (AvgIpc) is 2.45. The molecule has 0 atom stereocenters. The molecule has 0 fully saturated rings. The number of halogens is 1. The Morgan fingerprint density at radius 3 is 2.71 bits per heavy atom. The molecule has 0 saturated carbocycles. The van der Waals surface area contributed by atoms with Crippen LogP contribution in [0.15, 0.2) is 17.2 Å². The van der Waals surface area contributed by atoms with Gasteiger partial charge in [-0.15, -0.1) is 0 Å². The van der Waals surface area contributed by atoms with Gasteiger partial charge in [0.15, 0.2) is 6.29 Å². The molecule has 0 radical (unpaired) electrons. The summed E-state index contributed by atoms with van der Waals surface area (Å²) < 4.78 is 1.73. The Kier molecular flexibility index (Phi) is 3.31. The fourth-order valence-corrected chi connectivity index (χ4v) is 1.28. The van der Waals surface area contributed by atoms with Gasteiger partial charge in [-0.2, -0.15) is 0 Å². The van der Waals surface area contributed by atoms with Crippen molar-refractivity contribution in [1.82, 2.24) is 4.57 Å². The van der Waals surface area contributed by atoms with E-state index in [4.69, 9.17) is 11.6 Å². The van der Waals surface area contributed by atoms with Crippen molar-refractivity contribution in [3.05, 3.63) is 33.4 Å². The number of aromatic nitrogens is 1. The molecule has 0 aliphatic rings. The van der Waals surface area contributed by atoms with E-state index in [0.717, 1.165) is 16.9 Å². The van der Waals surface area contributed by atoms with Crippen molar-refractivity contribution in [3.63, 3.8) is 0 Å². The number of hydrogen-bond donors (Lipinski definition) is 0. The summed E-state index contributed by atoms with van der Waals surface area (Å²) in [5.41, 5.74) is 0.599. The summed E-state index contributed by atoms with van der Waals surface area (Å²) in [6.07, 6.45) is 4.38. The zero-order valence-electron chi connectivity index (χ0n) is 8.25. The Hall–Kier alpha value is -1.28. The van der Waals surface area contributed by atoms with Gasteiger partial charge in [-0.3, -0.25) is 4.79 Å². The van der Waals surface area contributed by atoms with Crippen molar-refractivity contribution in [2.75, 3.05) is 0 Å². The predicted molar refractivity (Wildman–Crippen MR) is 59.6 cm³/mol. The Balaban J connectivity index is 3.45. The minimum absolute atomic E-state index is 0.599. The Morgan fingerprint density at radius 1 is 1.64 bits per heavy atom. The van der Waals surface area contributed by atoms with Gasteiger partial charge in [0, 0.05) is 22.6 Å². The Bertz CT molecular complexity index is 482. The van der Waals surface area contributed by atoms with Crippen molar-refractivity contribution in [2.45, 2.75) is 6.92 Å². The highest BCUT2D eigenvalue weighted by atomic mass is 35.5. The van der Waals surface area contributed by atoms with Crippen LogP contribution in [-0.4, -0.2) is 10.9 Å². The van der Waals surface area contributed by atoms with Gasteiger partial charge in [-0.25, -0.2) is 0 Å². The number of aldehydes is 1. The molecule has 0 spiro atoms. The van der Waals surface area contributed by atoms with Gasteiger partial charge in [0.05, 0.1) is 5.69 Å². The van der Waals surface area contributed by atoms with Gasteiger partial charge in [-0.05, 0) is 19.1 Å². The van der Waals surface area contributed by atoms with E-state index in [1.165, 1.54) is 0 Å². The van der Waals surface area contributed by atoms with E-state index < -0.39 is 0 Å². The van der Waals surface area contributed by atoms with E-state index >= 15 is 0 Å².